The maximum atomic E-state index is 5.95. The van der Waals surface area contributed by atoms with Crippen molar-refractivity contribution in [2.45, 2.75) is 13.8 Å². The lowest BCUT2D eigenvalue weighted by atomic mass is 10.1. The zero-order valence-electron chi connectivity index (χ0n) is 11.3. The predicted molar refractivity (Wildman–Crippen MR) is 78.3 cm³/mol. The summed E-state index contributed by atoms with van der Waals surface area (Å²) >= 11 is 0. The van der Waals surface area contributed by atoms with Gasteiger partial charge in [0.25, 0.3) is 0 Å². The van der Waals surface area contributed by atoms with Crippen LogP contribution in [0.4, 0.5) is 5.82 Å². The van der Waals surface area contributed by atoms with E-state index in [4.69, 9.17) is 5.73 Å². The van der Waals surface area contributed by atoms with Crippen LogP contribution in [0.1, 0.15) is 19.5 Å². The van der Waals surface area contributed by atoms with E-state index < -0.39 is 0 Å². The van der Waals surface area contributed by atoms with Crippen molar-refractivity contribution in [3.63, 3.8) is 0 Å². The number of fused-ring (bicyclic) bond motifs is 1. The van der Waals surface area contributed by atoms with Gasteiger partial charge in [-0.2, -0.15) is 5.10 Å². The number of nitrogen functional groups attached to an aromatic ring is 1. The molecule has 0 aliphatic heterocycles. The molecule has 0 unspecified atom stereocenters. The second-order valence-corrected chi connectivity index (χ2v) is 4.06. The molecule has 0 saturated heterocycles. The van der Waals surface area contributed by atoms with Crippen molar-refractivity contribution in [3.05, 3.63) is 42.4 Å². The first kappa shape index (κ1) is 13.0. The van der Waals surface area contributed by atoms with Crippen molar-refractivity contribution in [1.29, 1.82) is 0 Å². The van der Waals surface area contributed by atoms with Gasteiger partial charge in [-0.1, -0.05) is 30.4 Å². The number of rotatable bonds is 3. The number of allylic oxidation sites excluding steroid dienone is 6. The van der Waals surface area contributed by atoms with Gasteiger partial charge in [-0.3, -0.25) is 0 Å². The Bertz CT molecular complexity index is 676. The van der Waals surface area contributed by atoms with Gasteiger partial charge in [-0.15, -0.1) is 0 Å². The Morgan fingerprint density at radius 3 is 2.74 bits per heavy atom. The van der Waals surface area contributed by atoms with Gasteiger partial charge in [0.05, 0.1) is 5.39 Å². The molecule has 98 valence electrons. The average molecular weight is 255 g/mol. The normalized spacial score (nSPS) is 13.1. The van der Waals surface area contributed by atoms with E-state index in [1.807, 2.05) is 51.3 Å². The van der Waals surface area contributed by atoms with Crippen molar-refractivity contribution in [2.75, 3.05) is 5.73 Å². The molecule has 2 aromatic rings. The summed E-state index contributed by atoms with van der Waals surface area (Å²) in [4.78, 5) is 8.26. The third kappa shape index (κ3) is 2.40. The maximum Gasteiger partial charge on any atom is 0.163 e. The van der Waals surface area contributed by atoms with Gasteiger partial charge >= 0.3 is 0 Å². The standard InChI is InChI=1S/C14H17N5/c1-4-6-7-8-10(5-2)12-11-13(15)16-9-17-14(11)19(3)18-12/h4-9H,1-3H3,(H2,15,16,17)/b6-4-,8-7-,10-5+. The average Bonchev–Trinajstić information content (AvgIpc) is 2.74. The zero-order valence-corrected chi connectivity index (χ0v) is 11.3. The lowest BCUT2D eigenvalue weighted by Crippen LogP contribution is -1.95. The molecular weight excluding hydrogens is 238 g/mol. The molecule has 0 atom stereocenters. The number of nitrogens with two attached hydrogens (primary N) is 1. The molecule has 2 aromatic heterocycles. The van der Waals surface area contributed by atoms with Crippen LogP contribution in [0.25, 0.3) is 16.6 Å². The van der Waals surface area contributed by atoms with Gasteiger partial charge in [-0.25, -0.2) is 14.6 Å². The molecule has 2 rings (SSSR count). The minimum absolute atomic E-state index is 0.451. The highest BCUT2D eigenvalue weighted by atomic mass is 15.3. The number of aryl methyl sites for hydroxylation is 1. The number of nitrogens with zero attached hydrogens (tertiary/aromatic N) is 4. The van der Waals surface area contributed by atoms with Crippen LogP contribution in [0, 0.1) is 0 Å². The van der Waals surface area contributed by atoms with E-state index >= 15 is 0 Å². The molecule has 2 heterocycles. The highest BCUT2D eigenvalue weighted by Crippen LogP contribution is 2.26. The molecule has 0 bridgehead atoms. The minimum atomic E-state index is 0.451. The highest BCUT2D eigenvalue weighted by molar-refractivity contribution is 5.97. The number of hydrogen-bond donors (Lipinski definition) is 1. The fraction of sp³-hybridized carbons (Fsp3) is 0.214. The maximum absolute atomic E-state index is 5.95. The van der Waals surface area contributed by atoms with Crippen molar-refractivity contribution < 1.29 is 0 Å². The van der Waals surface area contributed by atoms with Gasteiger partial charge in [0.2, 0.25) is 0 Å². The minimum Gasteiger partial charge on any atom is -0.383 e. The Balaban J connectivity index is 2.62. The van der Waals surface area contributed by atoms with Gasteiger partial charge in [0.15, 0.2) is 5.65 Å². The van der Waals surface area contributed by atoms with Crippen LogP contribution in [-0.4, -0.2) is 19.7 Å². The van der Waals surface area contributed by atoms with Crippen LogP contribution >= 0.6 is 0 Å². The summed E-state index contributed by atoms with van der Waals surface area (Å²) < 4.78 is 1.72. The molecular formula is C14H17N5. The van der Waals surface area contributed by atoms with E-state index in [1.165, 1.54) is 6.33 Å². The van der Waals surface area contributed by atoms with E-state index in [0.29, 0.717) is 5.82 Å². The molecule has 2 N–H and O–H groups in total. The summed E-state index contributed by atoms with van der Waals surface area (Å²) in [5.41, 5.74) is 8.48. The second-order valence-electron chi connectivity index (χ2n) is 4.06. The number of anilines is 1. The highest BCUT2D eigenvalue weighted by Gasteiger charge is 2.14. The summed E-state index contributed by atoms with van der Waals surface area (Å²) in [7, 11) is 1.85. The molecule has 0 saturated carbocycles. The zero-order chi connectivity index (χ0) is 13.8. The van der Waals surface area contributed by atoms with Gasteiger partial charge in [0, 0.05) is 7.05 Å². The molecule has 5 nitrogen and oxygen atoms in total. The third-order valence-corrected chi connectivity index (χ3v) is 2.81. The molecule has 0 fully saturated rings. The molecule has 5 heteroatoms. The summed E-state index contributed by atoms with van der Waals surface area (Å²) in [5, 5.41) is 5.29. The third-order valence-electron chi connectivity index (χ3n) is 2.81. The predicted octanol–water partition coefficient (Wildman–Crippen LogP) is 2.48. The summed E-state index contributed by atoms with van der Waals surface area (Å²) in [6, 6.07) is 0. The van der Waals surface area contributed by atoms with Crippen LogP contribution < -0.4 is 5.73 Å². The van der Waals surface area contributed by atoms with Crippen LogP contribution in [0.15, 0.2) is 36.7 Å². The van der Waals surface area contributed by atoms with Crippen LogP contribution in [0.3, 0.4) is 0 Å². The summed E-state index contributed by atoms with van der Waals surface area (Å²) in [5.74, 6) is 0.451. The lowest BCUT2D eigenvalue weighted by Gasteiger charge is -1.99. The second kappa shape index (κ2) is 5.48. The van der Waals surface area contributed by atoms with E-state index in [0.717, 1.165) is 22.3 Å². The monoisotopic (exact) mass is 255 g/mol. The van der Waals surface area contributed by atoms with Crippen molar-refractivity contribution >= 4 is 22.4 Å². The number of hydrogen-bond acceptors (Lipinski definition) is 4. The fourth-order valence-corrected chi connectivity index (χ4v) is 1.89. The Kier molecular flexibility index (Phi) is 3.75. The molecule has 0 spiro atoms. The first-order chi connectivity index (χ1) is 9.19. The van der Waals surface area contributed by atoms with Gasteiger partial charge < -0.3 is 5.73 Å². The first-order valence-corrected chi connectivity index (χ1v) is 6.08. The summed E-state index contributed by atoms with van der Waals surface area (Å²) in [6.45, 7) is 3.94. The van der Waals surface area contributed by atoms with Crippen molar-refractivity contribution in [3.8, 4) is 0 Å². The Morgan fingerprint density at radius 2 is 2.05 bits per heavy atom. The summed E-state index contributed by atoms with van der Waals surface area (Å²) in [6.07, 6.45) is 11.3. The van der Waals surface area contributed by atoms with E-state index in [-0.39, 0.29) is 0 Å². The van der Waals surface area contributed by atoms with E-state index in [2.05, 4.69) is 15.1 Å². The Hall–Kier alpha value is -2.43. The number of aromatic nitrogens is 4. The van der Waals surface area contributed by atoms with Crippen LogP contribution in [0.5, 0.6) is 0 Å². The fourth-order valence-electron chi connectivity index (χ4n) is 1.89. The quantitative estimate of drug-likeness (QED) is 0.855. The van der Waals surface area contributed by atoms with Crippen LogP contribution in [-0.2, 0) is 7.05 Å². The topological polar surface area (TPSA) is 69.6 Å². The molecule has 0 radical (unpaired) electrons. The first-order valence-electron chi connectivity index (χ1n) is 6.08. The molecule has 19 heavy (non-hydrogen) atoms. The largest absolute Gasteiger partial charge is 0.383 e. The Labute approximate surface area is 112 Å². The van der Waals surface area contributed by atoms with Crippen molar-refractivity contribution in [2.24, 2.45) is 7.05 Å². The van der Waals surface area contributed by atoms with E-state index in [9.17, 15) is 0 Å². The van der Waals surface area contributed by atoms with Crippen LogP contribution in [0.2, 0.25) is 0 Å². The molecule has 0 aromatic carbocycles. The van der Waals surface area contributed by atoms with Gasteiger partial charge in [-0.05, 0) is 19.4 Å². The van der Waals surface area contributed by atoms with E-state index in [1.54, 1.807) is 4.68 Å². The smallest absolute Gasteiger partial charge is 0.163 e. The molecule has 0 aliphatic carbocycles. The van der Waals surface area contributed by atoms with Gasteiger partial charge in [0.1, 0.15) is 17.8 Å². The molecule has 0 amide bonds. The lowest BCUT2D eigenvalue weighted by molar-refractivity contribution is 0.781. The van der Waals surface area contributed by atoms with Crippen molar-refractivity contribution in [1.82, 2.24) is 19.7 Å². The SMILES string of the molecule is C\C=C/C=C\C(=C/C)c1nn(C)c2ncnc(N)c12. The Morgan fingerprint density at radius 1 is 1.26 bits per heavy atom. The molecule has 0 aliphatic rings.